The third-order valence-electron chi connectivity index (χ3n) is 7.31. The van der Waals surface area contributed by atoms with Crippen LogP contribution in [0.2, 0.25) is 0 Å². The summed E-state index contributed by atoms with van der Waals surface area (Å²) >= 11 is 0. The summed E-state index contributed by atoms with van der Waals surface area (Å²) in [5.74, 6) is -7.61. The van der Waals surface area contributed by atoms with E-state index in [0.717, 1.165) is 10.8 Å². The maximum atomic E-state index is 13.5. The Morgan fingerprint density at radius 3 is 1.78 bits per heavy atom. The number of carboxylic acid groups (broad SMARTS) is 2. The lowest BCUT2D eigenvalue weighted by Crippen LogP contribution is -2.55. The van der Waals surface area contributed by atoms with Crippen molar-refractivity contribution in [3.8, 4) is 0 Å². The van der Waals surface area contributed by atoms with E-state index >= 15 is 0 Å². The average molecular weight is 769 g/mol. The second-order valence-electron chi connectivity index (χ2n) is 12.9. The molecule has 0 aliphatic carbocycles. The lowest BCUT2D eigenvalue weighted by Gasteiger charge is -2.27. The molecule has 1 heterocycles. The van der Waals surface area contributed by atoms with Crippen LogP contribution >= 0.6 is 43.2 Å². The summed E-state index contributed by atoms with van der Waals surface area (Å²) in [6, 6.07) is -4.27. The Morgan fingerprint density at radius 2 is 1.27 bits per heavy atom. The average Bonchev–Trinajstić information content (AvgIpc) is 2.98. The number of amides is 2. The second kappa shape index (κ2) is 22.9. The smallest absolute Gasteiger partial charge is 0.307 e. The van der Waals surface area contributed by atoms with E-state index < -0.39 is 103 Å². The molecular weight excluding hydrogens is 717 g/mol. The number of hydrogen-bond donors (Lipinski definition) is 7. The van der Waals surface area contributed by atoms with Crippen LogP contribution in [-0.2, 0) is 33.6 Å². The van der Waals surface area contributed by atoms with Crippen LogP contribution in [0.5, 0.6) is 0 Å². The third-order valence-corrected chi connectivity index (χ3v) is 12.2. The standard InChI is InChI=1S/C31H52N4O10S4/c1-15(2)28(41)22-13-48-49-14-23(33-17(5)6)30(43)35-27(18(7)36)25(38)9-20(31(44)45)11-46-47-12-21(32-16(3)4)24(37)8-19(10-26(39)40)29(42)34-22/h15-23,27,32-33,36H,8-14H2,1-7H3,(H,34,42)(H,35,43)(H,39,40)(H,44,45)/t18-,19+,20+,21+,22+,23+,27?/m1/s1. The molecule has 2 amide bonds. The Hall–Kier alpha value is -1.83. The van der Waals surface area contributed by atoms with Crippen LogP contribution in [0.4, 0.5) is 0 Å². The number of aliphatic hydroxyl groups excluding tert-OH is 1. The van der Waals surface area contributed by atoms with Crippen molar-refractivity contribution in [2.24, 2.45) is 17.8 Å². The minimum Gasteiger partial charge on any atom is -0.481 e. The maximum absolute atomic E-state index is 13.5. The third kappa shape index (κ3) is 17.3. The summed E-state index contributed by atoms with van der Waals surface area (Å²) in [4.78, 5) is 90.5. The number of aliphatic carboxylic acids is 2. The summed E-state index contributed by atoms with van der Waals surface area (Å²) in [6.45, 7) is 12.0. The number of Topliss-reactive ketones (excluding diaryl/α,β-unsaturated/α-hetero) is 3. The van der Waals surface area contributed by atoms with Gasteiger partial charge in [-0.3, -0.25) is 33.6 Å². The van der Waals surface area contributed by atoms with Gasteiger partial charge in [-0.15, -0.1) is 0 Å². The van der Waals surface area contributed by atoms with Gasteiger partial charge in [0.15, 0.2) is 17.3 Å². The zero-order valence-electron chi connectivity index (χ0n) is 29.1. The Labute approximate surface area is 304 Å². The Kier molecular flexibility index (Phi) is 21.1. The topological polar surface area (TPSA) is 228 Å². The van der Waals surface area contributed by atoms with Gasteiger partial charge in [-0.1, -0.05) is 84.7 Å². The van der Waals surface area contributed by atoms with Gasteiger partial charge in [0, 0.05) is 53.9 Å². The van der Waals surface area contributed by atoms with Crippen LogP contribution in [0.25, 0.3) is 0 Å². The number of carbonyl (C=O) groups excluding carboxylic acids is 5. The molecule has 1 saturated heterocycles. The van der Waals surface area contributed by atoms with Crippen LogP contribution in [0.3, 0.4) is 0 Å². The summed E-state index contributed by atoms with van der Waals surface area (Å²) in [5.41, 5.74) is 0. The zero-order chi connectivity index (χ0) is 37.4. The van der Waals surface area contributed by atoms with Gasteiger partial charge in [0.1, 0.15) is 6.04 Å². The molecule has 0 bridgehead atoms. The Morgan fingerprint density at radius 1 is 0.735 bits per heavy atom. The van der Waals surface area contributed by atoms with Crippen LogP contribution in [0.15, 0.2) is 0 Å². The normalized spacial score (nSPS) is 27.2. The van der Waals surface area contributed by atoms with Crippen molar-refractivity contribution in [3.63, 3.8) is 0 Å². The van der Waals surface area contributed by atoms with E-state index in [2.05, 4.69) is 21.3 Å². The van der Waals surface area contributed by atoms with E-state index in [9.17, 15) is 48.9 Å². The summed E-state index contributed by atoms with van der Waals surface area (Å²) in [7, 11) is 4.76. The van der Waals surface area contributed by atoms with Crippen LogP contribution in [-0.4, -0.2) is 122 Å². The summed E-state index contributed by atoms with van der Waals surface area (Å²) in [6.07, 6.45) is -2.78. The fourth-order valence-electron chi connectivity index (χ4n) is 4.77. The van der Waals surface area contributed by atoms with Crippen molar-refractivity contribution in [2.75, 3.05) is 23.0 Å². The molecule has 0 aromatic carbocycles. The van der Waals surface area contributed by atoms with Crippen LogP contribution < -0.4 is 21.3 Å². The Bertz CT molecular complexity index is 1160. The van der Waals surface area contributed by atoms with Gasteiger partial charge >= 0.3 is 11.9 Å². The first-order valence-electron chi connectivity index (χ1n) is 16.2. The van der Waals surface area contributed by atoms with E-state index in [1.807, 2.05) is 27.7 Å². The van der Waals surface area contributed by atoms with E-state index in [4.69, 9.17) is 0 Å². The first-order chi connectivity index (χ1) is 22.8. The zero-order valence-corrected chi connectivity index (χ0v) is 32.3. The molecule has 0 aromatic heterocycles. The number of carbonyl (C=O) groups is 7. The molecule has 1 aliphatic heterocycles. The molecular formula is C31H52N4O10S4. The summed E-state index contributed by atoms with van der Waals surface area (Å²) < 4.78 is 0. The van der Waals surface area contributed by atoms with Gasteiger partial charge < -0.3 is 36.6 Å². The quantitative estimate of drug-likeness (QED) is 0.157. The molecule has 7 atom stereocenters. The predicted molar refractivity (Wildman–Crippen MR) is 195 cm³/mol. The van der Waals surface area contributed by atoms with Crippen molar-refractivity contribution in [1.82, 2.24) is 21.3 Å². The van der Waals surface area contributed by atoms with E-state index in [-0.39, 0.29) is 40.9 Å². The minimum absolute atomic E-state index is 0.0183. The van der Waals surface area contributed by atoms with Gasteiger partial charge in [-0.05, 0) is 6.92 Å². The molecule has 18 heteroatoms. The van der Waals surface area contributed by atoms with Gasteiger partial charge in [-0.2, -0.15) is 0 Å². The highest BCUT2D eigenvalue weighted by molar-refractivity contribution is 8.77. The molecule has 0 spiro atoms. The number of rotatable bonds is 10. The van der Waals surface area contributed by atoms with Crippen molar-refractivity contribution < 1.29 is 48.9 Å². The molecule has 1 rings (SSSR count). The van der Waals surface area contributed by atoms with Crippen molar-refractivity contribution in [2.45, 2.75) is 110 Å². The molecule has 1 fully saturated rings. The second-order valence-corrected chi connectivity index (χ2v) is 18.0. The highest BCUT2D eigenvalue weighted by atomic mass is 33.1. The molecule has 49 heavy (non-hydrogen) atoms. The largest absolute Gasteiger partial charge is 0.481 e. The predicted octanol–water partition coefficient (Wildman–Crippen LogP) is 1.78. The number of ketones is 3. The number of carboxylic acids is 2. The van der Waals surface area contributed by atoms with Gasteiger partial charge in [0.05, 0.1) is 42.5 Å². The minimum atomic E-state index is -1.35. The molecule has 1 unspecified atom stereocenters. The Balaban J connectivity index is 3.48. The monoisotopic (exact) mass is 768 g/mol. The molecule has 0 aromatic rings. The van der Waals surface area contributed by atoms with Gasteiger partial charge in [0.25, 0.3) is 0 Å². The lowest BCUT2D eigenvalue weighted by atomic mass is 9.94. The summed E-state index contributed by atoms with van der Waals surface area (Å²) in [5, 5.41) is 41.3. The maximum Gasteiger partial charge on any atom is 0.307 e. The van der Waals surface area contributed by atoms with Gasteiger partial charge in [-0.25, -0.2) is 0 Å². The van der Waals surface area contributed by atoms with Crippen molar-refractivity contribution in [3.05, 3.63) is 0 Å². The molecule has 1 aliphatic rings. The van der Waals surface area contributed by atoms with Gasteiger partial charge in [0.2, 0.25) is 11.8 Å². The van der Waals surface area contributed by atoms with Crippen LogP contribution in [0, 0.1) is 17.8 Å². The van der Waals surface area contributed by atoms with Crippen molar-refractivity contribution >= 4 is 84.3 Å². The first kappa shape index (κ1) is 45.2. The van der Waals surface area contributed by atoms with E-state index in [0.29, 0.717) is 0 Å². The SMILES string of the molecule is CC(C)N[C@H]1CSSC[C@@H](C(=O)O)CC(=O)C([C@@H](C)O)NC(=O)[C@@H](NC(C)C)CSSC[C@@H](C(=O)C(C)C)NC(=O)[C@H](CC(=O)O)CC1=O. The number of nitrogens with one attached hydrogen (secondary N) is 4. The lowest BCUT2D eigenvalue weighted by molar-refractivity contribution is -0.143. The molecule has 280 valence electrons. The van der Waals surface area contributed by atoms with E-state index in [1.165, 1.54) is 39.3 Å². The molecule has 14 nitrogen and oxygen atoms in total. The molecule has 7 N–H and O–H groups in total. The highest BCUT2D eigenvalue weighted by Crippen LogP contribution is 2.28. The molecule has 0 radical (unpaired) electrons. The number of hydrogen-bond acceptors (Lipinski definition) is 14. The molecule has 0 saturated carbocycles. The van der Waals surface area contributed by atoms with Crippen LogP contribution in [0.1, 0.15) is 67.7 Å². The van der Waals surface area contributed by atoms with Crippen molar-refractivity contribution in [1.29, 1.82) is 0 Å². The van der Waals surface area contributed by atoms with E-state index in [1.54, 1.807) is 13.8 Å². The highest BCUT2D eigenvalue weighted by Gasteiger charge is 2.34. The fourth-order valence-corrected chi connectivity index (χ4v) is 9.64. The first-order valence-corrected chi connectivity index (χ1v) is 21.1. The fraction of sp³-hybridized carbons (Fsp3) is 0.774. The number of aliphatic hydroxyl groups is 1.